The standard InChI is InChI=1S/C44H37O3P/c1-33-17-31-43(32-18-33)48(40-11-5-2-6-12-40,41-13-7-3-8-14-41,42-15-9-4-10-16-42)47-39-29-23-36(24-30-39)44(34-19-25-37(45)26-20-34)35-21-27-38(46)28-22-35/h2-32,44-46H,1H3. The van der Waals surface area contributed by atoms with E-state index in [2.05, 4.69) is 146 Å². The summed E-state index contributed by atoms with van der Waals surface area (Å²) in [6.07, 6.45) is 0. The molecule has 236 valence electrons. The van der Waals surface area contributed by atoms with E-state index in [1.807, 2.05) is 24.3 Å². The Bertz CT molecular complexity index is 1950. The zero-order chi connectivity index (χ0) is 33.0. The first-order valence-corrected chi connectivity index (χ1v) is 18.3. The van der Waals surface area contributed by atoms with E-state index in [0.717, 1.165) is 43.7 Å². The Balaban J connectivity index is 1.47. The van der Waals surface area contributed by atoms with Crippen molar-refractivity contribution < 1.29 is 14.7 Å². The Kier molecular flexibility index (Phi) is 8.31. The maximum atomic E-state index is 10.0. The minimum atomic E-state index is -3.89. The number of aromatic hydroxyl groups is 2. The quantitative estimate of drug-likeness (QED) is 0.122. The summed E-state index contributed by atoms with van der Waals surface area (Å²) in [5.74, 6) is 1.07. The summed E-state index contributed by atoms with van der Waals surface area (Å²) in [6.45, 7) is -1.78. The van der Waals surface area contributed by atoms with Crippen molar-refractivity contribution in [3.05, 3.63) is 210 Å². The number of hydrogen-bond donors (Lipinski definition) is 2. The fourth-order valence-electron chi connectivity index (χ4n) is 6.91. The maximum absolute atomic E-state index is 10.0. The molecule has 0 saturated heterocycles. The van der Waals surface area contributed by atoms with E-state index in [-0.39, 0.29) is 17.4 Å². The van der Waals surface area contributed by atoms with E-state index in [4.69, 9.17) is 4.52 Å². The van der Waals surface area contributed by atoms with Crippen LogP contribution in [0.4, 0.5) is 0 Å². The molecule has 3 nitrogen and oxygen atoms in total. The van der Waals surface area contributed by atoms with Gasteiger partial charge in [0.25, 0.3) is 0 Å². The number of phenolic OH excluding ortho intramolecular Hbond substituents is 2. The summed E-state index contributed by atoms with van der Waals surface area (Å²) in [5.41, 5.74) is 4.31. The monoisotopic (exact) mass is 644 g/mol. The molecule has 7 aromatic carbocycles. The Morgan fingerprint density at radius 2 is 0.729 bits per heavy atom. The first-order chi connectivity index (χ1) is 23.5. The van der Waals surface area contributed by atoms with Crippen LogP contribution < -0.4 is 25.7 Å². The fourth-order valence-corrected chi connectivity index (χ4v) is 12.6. The molecule has 7 aromatic rings. The zero-order valence-electron chi connectivity index (χ0n) is 26.7. The second kappa shape index (κ2) is 12.9. The van der Waals surface area contributed by atoms with Gasteiger partial charge < -0.3 is 0 Å². The molecule has 0 fully saturated rings. The Labute approximate surface area is 282 Å². The van der Waals surface area contributed by atoms with Crippen molar-refractivity contribution in [3.8, 4) is 17.2 Å². The summed E-state index contributed by atoms with van der Waals surface area (Å²) < 4.78 is 7.82. The van der Waals surface area contributed by atoms with Crippen molar-refractivity contribution in [2.24, 2.45) is 0 Å². The first kappa shape index (κ1) is 31.0. The van der Waals surface area contributed by atoms with Crippen molar-refractivity contribution in [2.75, 3.05) is 0 Å². The third-order valence-corrected chi connectivity index (χ3v) is 14.9. The van der Waals surface area contributed by atoms with Crippen molar-refractivity contribution in [2.45, 2.75) is 12.8 Å². The molecule has 48 heavy (non-hydrogen) atoms. The number of aryl methyl sites for hydroxylation is 1. The molecule has 0 bridgehead atoms. The van der Waals surface area contributed by atoms with Crippen LogP contribution in [-0.2, 0) is 0 Å². The van der Waals surface area contributed by atoms with E-state index in [9.17, 15) is 10.2 Å². The van der Waals surface area contributed by atoms with Crippen molar-refractivity contribution >= 4 is 28.0 Å². The van der Waals surface area contributed by atoms with Crippen LogP contribution in [0, 0.1) is 6.92 Å². The number of benzene rings is 7. The van der Waals surface area contributed by atoms with Crippen LogP contribution in [0.2, 0.25) is 0 Å². The molecule has 0 heterocycles. The molecule has 2 N–H and O–H groups in total. The normalized spacial score (nSPS) is 12.2. The van der Waals surface area contributed by atoms with Crippen LogP contribution in [0.1, 0.15) is 28.2 Å². The number of phenols is 2. The minimum absolute atomic E-state index is 0.120. The number of rotatable bonds is 9. The molecular weight excluding hydrogens is 607 g/mol. The topological polar surface area (TPSA) is 49.7 Å². The number of hydrogen-bond acceptors (Lipinski definition) is 3. The van der Waals surface area contributed by atoms with Crippen LogP contribution in [0.15, 0.2) is 188 Å². The summed E-state index contributed by atoms with van der Waals surface area (Å²) in [5, 5.41) is 24.5. The van der Waals surface area contributed by atoms with E-state index in [1.54, 1.807) is 24.3 Å². The summed E-state index contributed by atoms with van der Waals surface area (Å²) in [6, 6.07) is 63.9. The molecule has 0 aliphatic rings. The van der Waals surface area contributed by atoms with Gasteiger partial charge in [-0.15, -0.1) is 0 Å². The molecule has 0 spiro atoms. The van der Waals surface area contributed by atoms with E-state index in [0.29, 0.717) is 0 Å². The van der Waals surface area contributed by atoms with Gasteiger partial charge in [-0.2, -0.15) is 0 Å². The van der Waals surface area contributed by atoms with Crippen molar-refractivity contribution in [1.29, 1.82) is 0 Å². The molecule has 0 radical (unpaired) electrons. The molecule has 0 saturated carbocycles. The Hall–Kier alpha value is -5.63. The Morgan fingerprint density at radius 3 is 1.10 bits per heavy atom. The molecule has 0 aliphatic heterocycles. The average Bonchev–Trinajstić information content (AvgIpc) is 3.14. The van der Waals surface area contributed by atoms with Gasteiger partial charge in [-0.25, -0.2) is 0 Å². The molecule has 0 amide bonds. The van der Waals surface area contributed by atoms with Gasteiger partial charge in [0.1, 0.15) is 0 Å². The van der Waals surface area contributed by atoms with Gasteiger partial charge in [0.15, 0.2) is 0 Å². The van der Waals surface area contributed by atoms with Crippen LogP contribution in [-0.4, -0.2) is 10.2 Å². The van der Waals surface area contributed by atoms with Crippen LogP contribution >= 0.6 is 6.83 Å². The summed E-state index contributed by atoms with van der Waals surface area (Å²) >= 11 is 0. The molecule has 0 unspecified atom stereocenters. The second-order valence-electron chi connectivity index (χ2n) is 12.2. The van der Waals surface area contributed by atoms with Gasteiger partial charge in [-0.05, 0) is 0 Å². The second-order valence-corrected chi connectivity index (χ2v) is 16.5. The van der Waals surface area contributed by atoms with Gasteiger partial charge in [-0.3, -0.25) is 0 Å². The van der Waals surface area contributed by atoms with Gasteiger partial charge in [0.05, 0.1) is 0 Å². The van der Waals surface area contributed by atoms with Gasteiger partial charge in [0.2, 0.25) is 0 Å². The molecule has 0 aliphatic carbocycles. The fraction of sp³-hybridized carbons (Fsp3) is 0.0455. The zero-order valence-corrected chi connectivity index (χ0v) is 27.6. The van der Waals surface area contributed by atoms with Gasteiger partial charge in [0, 0.05) is 0 Å². The first-order valence-electron chi connectivity index (χ1n) is 16.1. The molecule has 4 heteroatoms. The van der Waals surface area contributed by atoms with E-state index >= 15 is 0 Å². The Morgan fingerprint density at radius 1 is 0.396 bits per heavy atom. The molecular formula is C44H37O3P. The van der Waals surface area contributed by atoms with Crippen molar-refractivity contribution in [3.63, 3.8) is 0 Å². The third-order valence-electron chi connectivity index (χ3n) is 9.23. The van der Waals surface area contributed by atoms with Gasteiger partial charge in [-0.1, -0.05) is 0 Å². The van der Waals surface area contributed by atoms with E-state index in [1.165, 1.54) is 5.56 Å². The van der Waals surface area contributed by atoms with Gasteiger partial charge >= 0.3 is 283 Å². The predicted molar refractivity (Wildman–Crippen MR) is 200 cm³/mol. The summed E-state index contributed by atoms with van der Waals surface area (Å²) in [4.78, 5) is 0. The SMILES string of the molecule is Cc1ccc(P(Oc2ccc(C(c3ccc(O)cc3)c3ccc(O)cc3)cc2)(c2ccccc2)(c2ccccc2)c2ccccc2)cc1. The van der Waals surface area contributed by atoms with Crippen LogP contribution in [0.3, 0.4) is 0 Å². The van der Waals surface area contributed by atoms with E-state index < -0.39 is 6.83 Å². The molecule has 0 atom stereocenters. The molecule has 0 aromatic heterocycles. The van der Waals surface area contributed by atoms with Crippen LogP contribution in [0.5, 0.6) is 17.2 Å². The molecule has 7 rings (SSSR count). The summed E-state index contributed by atoms with van der Waals surface area (Å²) in [7, 11) is 0. The average molecular weight is 645 g/mol. The predicted octanol–water partition coefficient (Wildman–Crippen LogP) is 8.74. The third kappa shape index (κ3) is 5.33. The van der Waals surface area contributed by atoms with Crippen molar-refractivity contribution in [1.82, 2.24) is 0 Å². The van der Waals surface area contributed by atoms with Crippen LogP contribution in [0.25, 0.3) is 0 Å².